The van der Waals surface area contributed by atoms with Gasteiger partial charge in [0.25, 0.3) is 0 Å². The number of hydrogen-bond donors (Lipinski definition) is 2. The van der Waals surface area contributed by atoms with Crippen LogP contribution < -0.4 is 5.32 Å². The number of piperidine rings is 1. The Morgan fingerprint density at radius 3 is 3.11 bits per heavy atom. The zero-order valence-corrected chi connectivity index (χ0v) is 10.7. The van der Waals surface area contributed by atoms with Crippen LogP contribution in [-0.2, 0) is 0 Å². The predicted molar refractivity (Wildman–Crippen MR) is 72.8 cm³/mol. The van der Waals surface area contributed by atoms with Crippen LogP contribution in [0.4, 0.5) is 0 Å². The van der Waals surface area contributed by atoms with Gasteiger partial charge in [-0.25, -0.2) is 4.98 Å². The third-order valence-electron chi connectivity index (χ3n) is 4.43. The van der Waals surface area contributed by atoms with Crippen molar-refractivity contribution in [3.63, 3.8) is 0 Å². The molecule has 0 radical (unpaired) electrons. The molecule has 1 aromatic carbocycles. The minimum absolute atomic E-state index is 0.228. The van der Waals surface area contributed by atoms with Crippen molar-refractivity contribution in [2.45, 2.75) is 18.6 Å². The third-order valence-corrected chi connectivity index (χ3v) is 4.43. The molecule has 2 aliphatic heterocycles. The Morgan fingerprint density at radius 2 is 2.21 bits per heavy atom. The normalized spacial score (nSPS) is 29.0. The molecule has 0 spiro atoms. The number of nitrogens with one attached hydrogen (secondary N) is 1. The van der Waals surface area contributed by atoms with Gasteiger partial charge in [0.2, 0.25) is 0 Å². The summed E-state index contributed by atoms with van der Waals surface area (Å²) in [7, 11) is 0. The SMILES string of the molecule is OC1CNCCC1C1c2ccccc2-c2cncn21. The second-order valence-corrected chi connectivity index (χ2v) is 5.44. The zero-order chi connectivity index (χ0) is 12.8. The number of nitrogens with zero attached hydrogens (tertiary/aromatic N) is 2. The number of β-amino-alcohol motifs (C(OH)–C–C–N with tert-alkyl or cyclic N) is 1. The Labute approximate surface area is 112 Å². The summed E-state index contributed by atoms with van der Waals surface area (Å²) < 4.78 is 2.23. The largest absolute Gasteiger partial charge is 0.391 e. The second kappa shape index (κ2) is 4.18. The summed E-state index contributed by atoms with van der Waals surface area (Å²) in [6, 6.07) is 8.71. The fraction of sp³-hybridized carbons (Fsp3) is 0.400. The maximum Gasteiger partial charge on any atom is 0.0956 e. The first-order valence-corrected chi connectivity index (χ1v) is 6.86. The Hall–Kier alpha value is -1.65. The van der Waals surface area contributed by atoms with E-state index in [1.807, 2.05) is 12.5 Å². The van der Waals surface area contributed by atoms with Crippen LogP contribution in [0, 0.1) is 5.92 Å². The summed E-state index contributed by atoms with van der Waals surface area (Å²) in [5.41, 5.74) is 3.76. The Morgan fingerprint density at radius 1 is 1.32 bits per heavy atom. The lowest BCUT2D eigenvalue weighted by Crippen LogP contribution is -2.43. The molecule has 1 fully saturated rings. The number of imidazole rings is 1. The molecule has 1 aromatic heterocycles. The lowest BCUT2D eigenvalue weighted by Gasteiger charge is -2.34. The van der Waals surface area contributed by atoms with Crippen molar-refractivity contribution in [1.29, 1.82) is 0 Å². The maximum absolute atomic E-state index is 10.3. The van der Waals surface area contributed by atoms with Gasteiger partial charge >= 0.3 is 0 Å². The highest BCUT2D eigenvalue weighted by Gasteiger charge is 2.38. The summed E-state index contributed by atoms with van der Waals surface area (Å²) in [5, 5.41) is 13.6. The molecule has 4 heteroatoms. The zero-order valence-electron chi connectivity index (χ0n) is 10.7. The molecule has 3 heterocycles. The molecule has 98 valence electrons. The predicted octanol–water partition coefficient (Wildman–Crippen LogP) is 1.42. The summed E-state index contributed by atoms with van der Waals surface area (Å²) in [6.45, 7) is 1.66. The van der Waals surface area contributed by atoms with Gasteiger partial charge in [-0.3, -0.25) is 0 Å². The van der Waals surface area contributed by atoms with E-state index in [0.717, 1.165) is 13.0 Å². The molecule has 2 aromatic rings. The van der Waals surface area contributed by atoms with Crippen LogP contribution in [0.15, 0.2) is 36.8 Å². The van der Waals surface area contributed by atoms with Crippen molar-refractivity contribution in [3.8, 4) is 11.3 Å². The third kappa shape index (κ3) is 1.57. The van der Waals surface area contributed by atoms with E-state index in [9.17, 15) is 5.11 Å². The summed E-state index contributed by atoms with van der Waals surface area (Å²) in [4.78, 5) is 4.28. The minimum atomic E-state index is -0.292. The number of rotatable bonds is 1. The minimum Gasteiger partial charge on any atom is -0.391 e. The van der Waals surface area contributed by atoms with Crippen LogP contribution in [0.25, 0.3) is 11.3 Å². The number of aliphatic hydroxyl groups is 1. The smallest absolute Gasteiger partial charge is 0.0956 e. The van der Waals surface area contributed by atoms with Crippen LogP contribution in [0.5, 0.6) is 0 Å². The topological polar surface area (TPSA) is 50.1 Å². The van der Waals surface area contributed by atoms with Crippen molar-refractivity contribution >= 4 is 0 Å². The molecule has 3 unspecified atom stereocenters. The second-order valence-electron chi connectivity index (χ2n) is 5.44. The molecule has 0 amide bonds. The van der Waals surface area contributed by atoms with Crippen molar-refractivity contribution < 1.29 is 5.11 Å². The number of hydrogen-bond acceptors (Lipinski definition) is 3. The Kier molecular flexibility index (Phi) is 2.47. The highest BCUT2D eigenvalue weighted by Crippen LogP contribution is 2.44. The molecule has 0 aliphatic carbocycles. The van der Waals surface area contributed by atoms with Crippen LogP contribution in [0.2, 0.25) is 0 Å². The lowest BCUT2D eigenvalue weighted by molar-refractivity contribution is 0.0618. The molecule has 2 N–H and O–H groups in total. The summed E-state index contributed by atoms with van der Waals surface area (Å²) in [6.07, 6.45) is 4.53. The van der Waals surface area contributed by atoms with Gasteiger partial charge in [0.1, 0.15) is 0 Å². The molecule has 0 bridgehead atoms. The van der Waals surface area contributed by atoms with Gasteiger partial charge in [-0.1, -0.05) is 24.3 Å². The van der Waals surface area contributed by atoms with Gasteiger partial charge in [0, 0.05) is 18.0 Å². The van der Waals surface area contributed by atoms with E-state index in [1.165, 1.54) is 16.8 Å². The monoisotopic (exact) mass is 255 g/mol. The molecule has 4 rings (SSSR count). The van der Waals surface area contributed by atoms with Crippen LogP contribution in [0.1, 0.15) is 18.0 Å². The standard InChI is InChI=1S/C15H17N3O/c19-14-8-16-6-5-12(14)15-11-4-2-1-3-10(11)13-7-17-9-18(13)15/h1-4,7,9,12,14-16,19H,5-6,8H2. The fourth-order valence-electron chi connectivity index (χ4n) is 3.54. The van der Waals surface area contributed by atoms with E-state index in [2.05, 4.69) is 39.1 Å². The van der Waals surface area contributed by atoms with Gasteiger partial charge in [-0.15, -0.1) is 0 Å². The first-order valence-electron chi connectivity index (χ1n) is 6.86. The van der Waals surface area contributed by atoms with Crippen LogP contribution in [0.3, 0.4) is 0 Å². The molecular formula is C15H17N3O. The summed E-state index contributed by atoms with van der Waals surface area (Å²) in [5.74, 6) is 0.262. The van der Waals surface area contributed by atoms with E-state index in [-0.39, 0.29) is 18.1 Å². The van der Waals surface area contributed by atoms with Crippen LogP contribution in [-0.4, -0.2) is 33.9 Å². The number of fused-ring (bicyclic) bond motifs is 3. The number of aliphatic hydroxyl groups excluding tert-OH is 1. The Bertz CT molecular complexity index is 607. The van der Waals surface area contributed by atoms with E-state index in [0.29, 0.717) is 6.54 Å². The molecular weight excluding hydrogens is 238 g/mol. The van der Waals surface area contributed by atoms with Gasteiger partial charge in [-0.05, 0) is 18.5 Å². The van der Waals surface area contributed by atoms with Crippen molar-refractivity contribution in [3.05, 3.63) is 42.4 Å². The molecule has 4 nitrogen and oxygen atoms in total. The molecule has 19 heavy (non-hydrogen) atoms. The molecule has 3 atom stereocenters. The van der Waals surface area contributed by atoms with Crippen molar-refractivity contribution in [1.82, 2.24) is 14.9 Å². The van der Waals surface area contributed by atoms with Crippen molar-refractivity contribution in [2.24, 2.45) is 5.92 Å². The van der Waals surface area contributed by atoms with Gasteiger partial charge in [-0.2, -0.15) is 0 Å². The summed E-state index contributed by atoms with van der Waals surface area (Å²) >= 11 is 0. The van der Waals surface area contributed by atoms with Crippen molar-refractivity contribution in [2.75, 3.05) is 13.1 Å². The number of aromatic nitrogens is 2. The quantitative estimate of drug-likeness (QED) is 0.810. The first-order chi connectivity index (χ1) is 9.36. The first kappa shape index (κ1) is 11.2. The molecule has 2 aliphatic rings. The van der Waals surface area contributed by atoms with Crippen LogP contribution >= 0.6 is 0 Å². The van der Waals surface area contributed by atoms with E-state index < -0.39 is 0 Å². The lowest BCUT2D eigenvalue weighted by atomic mass is 9.84. The number of benzene rings is 1. The molecule has 1 saturated heterocycles. The highest BCUT2D eigenvalue weighted by molar-refractivity contribution is 5.69. The van der Waals surface area contributed by atoms with E-state index in [1.54, 1.807) is 0 Å². The van der Waals surface area contributed by atoms with Gasteiger partial charge in [0.05, 0.1) is 30.4 Å². The van der Waals surface area contributed by atoms with E-state index in [4.69, 9.17) is 0 Å². The average Bonchev–Trinajstić information content (AvgIpc) is 3.00. The van der Waals surface area contributed by atoms with E-state index >= 15 is 0 Å². The van der Waals surface area contributed by atoms with Gasteiger partial charge in [0.15, 0.2) is 0 Å². The average molecular weight is 255 g/mol. The Balaban J connectivity index is 1.84. The van der Waals surface area contributed by atoms with Gasteiger partial charge < -0.3 is 15.0 Å². The maximum atomic E-state index is 10.3. The fourth-order valence-corrected chi connectivity index (χ4v) is 3.54. The molecule has 0 saturated carbocycles. The highest BCUT2D eigenvalue weighted by atomic mass is 16.3.